The number of methoxy groups -OCH3 is 1. The second-order valence-electron chi connectivity index (χ2n) is 10.9. The first-order chi connectivity index (χ1) is 21.4. The van der Waals surface area contributed by atoms with E-state index in [1.165, 1.54) is 0 Å². The first-order valence-electron chi connectivity index (χ1n) is 14.5. The van der Waals surface area contributed by atoms with E-state index in [9.17, 15) is 14.4 Å². The molecule has 8 nitrogen and oxygen atoms in total. The number of hydrogen-bond donors (Lipinski definition) is 2. The van der Waals surface area contributed by atoms with Crippen molar-refractivity contribution in [3.05, 3.63) is 95.1 Å². The number of anilines is 1. The summed E-state index contributed by atoms with van der Waals surface area (Å²) in [6.45, 7) is 5.83. The highest BCUT2D eigenvalue weighted by Crippen LogP contribution is 2.34. The van der Waals surface area contributed by atoms with E-state index < -0.39 is 17.5 Å². The van der Waals surface area contributed by atoms with Crippen LogP contribution in [0, 0.1) is 11.8 Å². The molecule has 3 aliphatic rings. The summed E-state index contributed by atoms with van der Waals surface area (Å²) in [7, 11) is 1.56. The van der Waals surface area contributed by atoms with E-state index >= 15 is 0 Å². The van der Waals surface area contributed by atoms with Gasteiger partial charge in [-0.05, 0) is 61.2 Å². The third-order valence-corrected chi connectivity index (χ3v) is 9.09. The van der Waals surface area contributed by atoms with Crippen molar-refractivity contribution in [2.45, 2.75) is 24.8 Å². The number of fused-ring (bicyclic) bond motifs is 1. The van der Waals surface area contributed by atoms with Crippen molar-refractivity contribution in [2.75, 3.05) is 36.6 Å². The van der Waals surface area contributed by atoms with E-state index in [0.29, 0.717) is 35.3 Å². The monoisotopic (exact) mass is 604 g/mol. The number of hydrogen-bond acceptors (Lipinski definition) is 7. The number of urea groups is 1. The van der Waals surface area contributed by atoms with Crippen molar-refractivity contribution >= 4 is 41.4 Å². The number of carbonyl (C=O) groups is 3. The van der Waals surface area contributed by atoms with E-state index in [0.717, 1.165) is 52.8 Å². The van der Waals surface area contributed by atoms with Gasteiger partial charge in [0.25, 0.3) is 5.91 Å². The Morgan fingerprint density at radius 2 is 1.89 bits per heavy atom. The van der Waals surface area contributed by atoms with Crippen LogP contribution in [-0.4, -0.2) is 59.9 Å². The van der Waals surface area contributed by atoms with Crippen LogP contribution < -0.4 is 20.3 Å². The molecular formula is C35H32N4O4S. The Bertz CT molecular complexity index is 1750. The van der Waals surface area contributed by atoms with Gasteiger partial charge < -0.3 is 15.0 Å². The number of imide groups is 1. The molecule has 0 spiro atoms. The van der Waals surface area contributed by atoms with E-state index in [4.69, 9.17) is 9.72 Å². The number of thioether (sulfide) groups is 1. The average Bonchev–Trinajstić information content (AvgIpc) is 3.35. The molecule has 3 aromatic rings. The summed E-state index contributed by atoms with van der Waals surface area (Å²) in [4.78, 5) is 45.5. The predicted molar refractivity (Wildman–Crippen MR) is 174 cm³/mol. The number of ether oxygens (including phenoxy) is 1. The fourth-order valence-electron chi connectivity index (χ4n) is 5.80. The lowest BCUT2D eigenvalue weighted by molar-refractivity contribution is -0.122. The van der Waals surface area contributed by atoms with Gasteiger partial charge in [0.15, 0.2) is 11.3 Å². The van der Waals surface area contributed by atoms with E-state index in [1.807, 2.05) is 66.4 Å². The highest BCUT2D eigenvalue weighted by atomic mass is 32.2. The molecule has 1 unspecified atom stereocenters. The Balaban J connectivity index is 1.19. The minimum Gasteiger partial charge on any atom is -0.496 e. The molecule has 44 heavy (non-hydrogen) atoms. The zero-order valence-corrected chi connectivity index (χ0v) is 25.3. The van der Waals surface area contributed by atoms with Crippen LogP contribution in [0.1, 0.15) is 39.9 Å². The number of carbonyl (C=O) groups excluding carboxylic acids is 3. The number of benzene rings is 2. The molecule has 9 heteroatoms. The lowest BCUT2D eigenvalue weighted by Gasteiger charge is -2.27. The number of pyridine rings is 1. The number of rotatable bonds is 7. The van der Waals surface area contributed by atoms with Gasteiger partial charge in [-0.2, -0.15) is 11.8 Å². The Labute approximate surface area is 261 Å². The molecule has 2 aliphatic heterocycles. The first kappa shape index (κ1) is 29.3. The molecule has 2 aromatic carbocycles. The van der Waals surface area contributed by atoms with Crippen LogP contribution in [0.15, 0.2) is 72.8 Å². The molecule has 3 amide bonds. The molecule has 3 heterocycles. The van der Waals surface area contributed by atoms with Crippen molar-refractivity contribution in [2.24, 2.45) is 0 Å². The SMILES string of the molecule is C=Cc1c(OC)ccc2c1C(=O)C=C(CCC1(C#Cc3ccc(-c4cccc(N5CCSCC5)n4)cc3)NC(=O)NC1=O)C2. The highest BCUT2D eigenvalue weighted by molar-refractivity contribution is 7.99. The lowest BCUT2D eigenvalue weighted by atomic mass is 9.83. The molecule has 0 bridgehead atoms. The van der Waals surface area contributed by atoms with E-state index in [-0.39, 0.29) is 12.2 Å². The summed E-state index contributed by atoms with van der Waals surface area (Å²) >= 11 is 1.97. The average molecular weight is 605 g/mol. The third-order valence-electron chi connectivity index (χ3n) is 8.15. The number of allylic oxidation sites excluding steroid dienone is 2. The van der Waals surface area contributed by atoms with Crippen LogP contribution in [0.25, 0.3) is 17.3 Å². The van der Waals surface area contributed by atoms with Gasteiger partial charge in [-0.25, -0.2) is 9.78 Å². The van der Waals surface area contributed by atoms with Crippen molar-refractivity contribution in [1.29, 1.82) is 0 Å². The first-order valence-corrected chi connectivity index (χ1v) is 15.7. The molecular weight excluding hydrogens is 572 g/mol. The summed E-state index contributed by atoms with van der Waals surface area (Å²) < 4.78 is 5.40. The molecule has 1 aliphatic carbocycles. The topological polar surface area (TPSA) is 101 Å². The largest absolute Gasteiger partial charge is 0.496 e. The molecule has 2 fully saturated rings. The summed E-state index contributed by atoms with van der Waals surface area (Å²) in [6.07, 6.45) is 4.40. The van der Waals surface area contributed by atoms with Crippen molar-refractivity contribution < 1.29 is 19.1 Å². The molecule has 0 saturated carbocycles. The summed E-state index contributed by atoms with van der Waals surface area (Å²) in [5, 5.41) is 5.06. The maximum atomic E-state index is 13.1. The standard InChI is InChI=1S/C35H32N4O4S/c1-3-27-30(43-2)12-11-26-21-24(22-29(40)32(26)27)14-16-35(33(41)37-34(42)38-35)15-13-23-7-9-25(10-8-23)28-5-4-6-31(36-28)39-17-19-44-20-18-39/h3-12,22H,1,14,16-21H2,2H3,(H2,37,38,41,42). The van der Waals surface area contributed by atoms with Crippen LogP contribution in [0.2, 0.25) is 0 Å². The van der Waals surface area contributed by atoms with E-state index in [2.05, 4.69) is 34.0 Å². The van der Waals surface area contributed by atoms with Crippen LogP contribution in [0.4, 0.5) is 10.6 Å². The molecule has 2 saturated heterocycles. The van der Waals surface area contributed by atoms with Crippen LogP contribution >= 0.6 is 11.8 Å². The second kappa shape index (κ2) is 12.4. The van der Waals surface area contributed by atoms with Crippen molar-refractivity contribution in [3.8, 4) is 28.8 Å². The summed E-state index contributed by atoms with van der Waals surface area (Å²) in [5.41, 5.74) is 4.14. The second-order valence-corrected chi connectivity index (χ2v) is 12.1. The van der Waals surface area contributed by atoms with Gasteiger partial charge in [0, 0.05) is 46.8 Å². The zero-order chi connectivity index (χ0) is 30.7. The quantitative estimate of drug-likeness (QED) is 0.288. The molecule has 2 N–H and O–H groups in total. The van der Waals surface area contributed by atoms with Crippen LogP contribution in [0.5, 0.6) is 5.75 Å². The van der Waals surface area contributed by atoms with E-state index in [1.54, 1.807) is 19.3 Å². The Morgan fingerprint density at radius 3 is 2.59 bits per heavy atom. The van der Waals surface area contributed by atoms with Crippen LogP contribution in [-0.2, 0) is 11.2 Å². The lowest BCUT2D eigenvalue weighted by Crippen LogP contribution is -2.45. The molecule has 6 rings (SSSR count). The number of ketones is 1. The number of aromatic nitrogens is 1. The van der Waals surface area contributed by atoms with Gasteiger partial charge in [0.05, 0.1) is 12.8 Å². The Kier molecular flexibility index (Phi) is 8.27. The molecule has 222 valence electrons. The zero-order valence-electron chi connectivity index (χ0n) is 24.4. The molecule has 0 radical (unpaired) electrons. The number of nitrogens with zero attached hydrogens (tertiary/aromatic N) is 2. The maximum absolute atomic E-state index is 13.1. The van der Waals surface area contributed by atoms with Crippen molar-refractivity contribution in [3.63, 3.8) is 0 Å². The van der Waals surface area contributed by atoms with Gasteiger partial charge in [-0.1, -0.05) is 54.3 Å². The Morgan fingerprint density at radius 1 is 1.09 bits per heavy atom. The maximum Gasteiger partial charge on any atom is 0.323 e. The minimum atomic E-state index is -1.41. The fraction of sp³-hybridized carbons (Fsp3) is 0.257. The van der Waals surface area contributed by atoms with Gasteiger partial charge in [0.1, 0.15) is 11.6 Å². The number of amides is 3. The highest BCUT2D eigenvalue weighted by Gasteiger charge is 2.45. The minimum absolute atomic E-state index is 0.134. The predicted octanol–water partition coefficient (Wildman–Crippen LogP) is 5.03. The van der Waals surface area contributed by atoms with Gasteiger partial charge in [0.2, 0.25) is 0 Å². The third kappa shape index (κ3) is 5.86. The molecule has 1 atom stereocenters. The number of nitrogens with one attached hydrogen (secondary N) is 2. The Hall–Kier alpha value is -4.81. The summed E-state index contributed by atoms with van der Waals surface area (Å²) in [5.74, 6) is 9.30. The molecule has 1 aromatic heterocycles. The fourth-order valence-corrected chi connectivity index (χ4v) is 6.70. The normalized spacial score (nSPS) is 19.2. The van der Waals surface area contributed by atoms with Gasteiger partial charge in [-0.15, -0.1) is 0 Å². The smallest absolute Gasteiger partial charge is 0.323 e. The van der Waals surface area contributed by atoms with Crippen molar-refractivity contribution in [1.82, 2.24) is 15.6 Å². The van der Waals surface area contributed by atoms with Gasteiger partial charge in [-0.3, -0.25) is 14.9 Å². The van der Waals surface area contributed by atoms with Gasteiger partial charge >= 0.3 is 6.03 Å². The summed E-state index contributed by atoms with van der Waals surface area (Å²) in [6, 6.07) is 16.9. The van der Waals surface area contributed by atoms with Crippen LogP contribution in [0.3, 0.4) is 0 Å².